The predicted molar refractivity (Wildman–Crippen MR) is 102 cm³/mol. The average Bonchev–Trinajstić information content (AvgIpc) is 3.34. The maximum atomic E-state index is 14.0. The number of anilines is 1. The van der Waals surface area contributed by atoms with Crippen LogP contribution in [-0.2, 0) is 4.79 Å². The molecule has 0 saturated carbocycles. The Morgan fingerprint density at radius 1 is 1.21 bits per heavy atom. The number of carbonyl (C=O) groups excluding carboxylic acids is 1. The van der Waals surface area contributed by atoms with Gasteiger partial charge >= 0.3 is 0 Å². The first kappa shape index (κ1) is 19.0. The van der Waals surface area contributed by atoms with Gasteiger partial charge in [-0.1, -0.05) is 12.1 Å². The minimum absolute atomic E-state index is 0.0429. The fourth-order valence-electron chi connectivity index (χ4n) is 3.24. The van der Waals surface area contributed by atoms with Crippen LogP contribution < -0.4 is 9.64 Å². The third-order valence-electron chi connectivity index (χ3n) is 4.70. The summed E-state index contributed by atoms with van der Waals surface area (Å²) in [6.07, 6.45) is 1.04. The molecule has 29 heavy (non-hydrogen) atoms. The highest BCUT2D eigenvalue weighted by atomic mass is 19.1. The van der Waals surface area contributed by atoms with E-state index < -0.39 is 11.6 Å². The Kier molecular flexibility index (Phi) is 5.24. The Labute approximate surface area is 166 Å². The summed E-state index contributed by atoms with van der Waals surface area (Å²) < 4.78 is 38.1. The van der Waals surface area contributed by atoms with Gasteiger partial charge in [-0.15, -0.1) is 0 Å². The molecule has 1 unspecified atom stereocenters. The molecule has 6 nitrogen and oxygen atoms in total. The summed E-state index contributed by atoms with van der Waals surface area (Å²) in [6.45, 7) is 2.87. The molecule has 8 heteroatoms. The molecule has 1 fully saturated rings. The quantitative estimate of drug-likeness (QED) is 0.617. The van der Waals surface area contributed by atoms with Crippen molar-refractivity contribution in [3.8, 4) is 17.1 Å². The number of halogens is 2. The van der Waals surface area contributed by atoms with Crippen LogP contribution in [0.3, 0.4) is 0 Å². The number of carbonyl (C=O) groups is 1. The monoisotopic (exact) mass is 399 g/mol. The normalized spacial score (nSPS) is 16.4. The molecule has 0 aliphatic carbocycles. The minimum Gasteiger partial charge on any atom is -0.494 e. The van der Waals surface area contributed by atoms with Crippen molar-refractivity contribution in [1.82, 2.24) is 10.1 Å². The first-order valence-corrected chi connectivity index (χ1v) is 9.37. The van der Waals surface area contributed by atoms with Gasteiger partial charge in [0.25, 0.3) is 0 Å². The number of rotatable bonds is 6. The van der Waals surface area contributed by atoms with Crippen LogP contribution in [0.1, 0.15) is 31.6 Å². The third kappa shape index (κ3) is 3.96. The number of hydrogen-bond donors (Lipinski definition) is 0. The molecule has 1 aromatic heterocycles. The highest BCUT2D eigenvalue weighted by molar-refractivity contribution is 5.96. The molecule has 0 bridgehead atoms. The zero-order valence-electron chi connectivity index (χ0n) is 15.8. The van der Waals surface area contributed by atoms with Crippen molar-refractivity contribution >= 4 is 11.6 Å². The first-order chi connectivity index (χ1) is 14.0. The minimum atomic E-state index is -0.782. The standard InChI is InChI=1S/C21H19F2N3O3/c1-2-9-28-16-6-3-13(4-7-16)20-24-21(29-25-20)14-10-19(27)26(12-14)18-8-5-15(22)11-17(18)23/h3-8,11,14H,2,9-10,12H2,1H3. The van der Waals surface area contributed by atoms with Crippen LogP contribution in [0, 0.1) is 11.6 Å². The highest BCUT2D eigenvalue weighted by Crippen LogP contribution is 2.33. The predicted octanol–water partition coefficient (Wildman–Crippen LogP) is 4.32. The van der Waals surface area contributed by atoms with E-state index in [1.807, 2.05) is 31.2 Å². The molecule has 0 spiro atoms. The zero-order chi connectivity index (χ0) is 20.4. The largest absolute Gasteiger partial charge is 0.494 e. The van der Waals surface area contributed by atoms with Crippen LogP contribution in [-0.4, -0.2) is 29.2 Å². The van der Waals surface area contributed by atoms with Crippen molar-refractivity contribution in [3.63, 3.8) is 0 Å². The van der Waals surface area contributed by atoms with Crippen LogP contribution in [0.4, 0.5) is 14.5 Å². The molecule has 1 saturated heterocycles. The number of amides is 1. The van der Waals surface area contributed by atoms with E-state index in [9.17, 15) is 13.6 Å². The molecule has 4 rings (SSSR count). The summed E-state index contributed by atoms with van der Waals surface area (Å²) in [5, 5.41) is 3.99. The topological polar surface area (TPSA) is 68.5 Å². The summed E-state index contributed by atoms with van der Waals surface area (Å²) in [5.74, 6) is -0.640. The molecular weight excluding hydrogens is 380 g/mol. The lowest BCUT2D eigenvalue weighted by Crippen LogP contribution is -2.25. The van der Waals surface area contributed by atoms with Crippen molar-refractivity contribution in [2.45, 2.75) is 25.7 Å². The van der Waals surface area contributed by atoms with E-state index >= 15 is 0 Å². The van der Waals surface area contributed by atoms with Gasteiger partial charge in [-0.05, 0) is 42.8 Å². The molecule has 1 aliphatic rings. The van der Waals surface area contributed by atoms with Crippen LogP contribution in [0.5, 0.6) is 5.75 Å². The summed E-state index contributed by atoms with van der Waals surface area (Å²) in [5.41, 5.74) is 0.802. The molecule has 150 valence electrons. The second-order valence-corrected chi connectivity index (χ2v) is 6.83. The first-order valence-electron chi connectivity index (χ1n) is 9.37. The van der Waals surface area contributed by atoms with Crippen LogP contribution in [0.25, 0.3) is 11.4 Å². The second-order valence-electron chi connectivity index (χ2n) is 6.83. The number of nitrogens with zero attached hydrogens (tertiary/aromatic N) is 3. The van der Waals surface area contributed by atoms with E-state index in [1.54, 1.807) is 0 Å². The maximum Gasteiger partial charge on any atom is 0.232 e. The van der Waals surface area contributed by atoms with E-state index in [4.69, 9.17) is 9.26 Å². The zero-order valence-corrected chi connectivity index (χ0v) is 15.8. The Morgan fingerprint density at radius 3 is 2.72 bits per heavy atom. The number of ether oxygens (including phenoxy) is 1. The van der Waals surface area contributed by atoms with Gasteiger partial charge in [0.15, 0.2) is 0 Å². The lowest BCUT2D eigenvalue weighted by atomic mass is 10.1. The molecular formula is C21H19F2N3O3. The van der Waals surface area contributed by atoms with Gasteiger partial charge in [0.05, 0.1) is 18.2 Å². The van der Waals surface area contributed by atoms with Crippen molar-refractivity contribution in [3.05, 3.63) is 60.0 Å². The van der Waals surface area contributed by atoms with Gasteiger partial charge in [0.1, 0.15) is 17.4 Å². The lowest BCUT2D eigenvalue weighted by Gasteiger charge is -2.16. The molecule has 0 radical (unpaired) electrons. The second kappa shape index (κ2) is 7.98. The molecule has 0 N–H and O–H groups in total. The van der Waals surface area contributed by atoms with Gasteiger partial charge in [0.2, 0.25) is 17.6 Å². The van der Waals surface area contributed by atoms with E-state index in [1.165, 1.54) is 11.0 Å². The SMILES string of the molecule is CCCOc1ccc(-c2noc(C3CC(=O)N(c4ccc(F)cc4F)C3)n2)cc1. The Balaban J connectivity index is 1.49. The Hall–Kier alpha value is -3.29. The summed E-state index contributed by atoms with van der Waals surface area (Å²) >= 11 is 0. The van der Waals surface area contributed by atoms with E-state index in [0.717, 1.165) is 29.9 Å². The van der Waals surface area contributed by atoms with E-state index in [0.29, 0.717) is 18.3 Å². The fraction of sp³-hybridized carbons (Fsp3) is 0.286. The van der Waals surface area contributed by atoms with Crippen LogP contribution in [0.15, 0.2) is 47.0 Å². The van der Waals surface area contributed by atoms with Crippen molar-refractivity contribution in [2.24, 2.45) is 0 Å². The van der Waals surface area contributed by atoms with Crippen LogP contribution >= 0.6 is 0 Å². The van der Waals surface area contributed by atoms with Crippen LogP contribution in [0.2, 0.25) is 0 Å². The number of aromatic nitrogens is 2. The molecule has 1 atom stereocenters. The number of hydrogen-bond acceptors (Lipinski definition) is 5. The van der Waals surface area contributed by atoms with Crippen molar-refractivity contribution in [1.29, 1.82) is 0 Å². The van der Waals surface area contributed by atoms with Gasteiger partial charge < -0.3 is 14.2 Å². The Morgan fingerprint density at radius 2 is 2.00 bits per heavy atom. The molecule has 2 aromatic carbocycles. The molecule has 1 aliphatic heterocycles. The fourth-order valence-corrected chi connectivity index (χ4v) is 3.24. The maximum absolute atomic E-state index is 14.0. The van der Waals surface area contributed by atoms with E-state index in [-0.39, 0.29) is 30.5 Å². The van der Waals surface area contributed by atoms with Gasteiger partial charge in [-0.2, -0.15) is 4.98 Å². The molecule has 3 aromatic rings. The van der Waals surface area contributed by atoms with Gasteiger partial charge in [-0.25, -0.2) is 8.78 Å². The average molecular weight is 399 g/mol. The summed E-state index contributed by atoms with van der Waals surface area (Å²) in [7, 11) is 0. The summed E-state index contributed by atoms with van der Waals surface area (Å²) in [6, 6.07) is 10.5. The molecule has 2 heterocycles. The Bertz CT molecular complexity index is 1020. The lowest BCUT2D eigenvalue weighted by molar-refractivity contribution is -0.117. The highest BCUT2D eigenvalue weighted by Gasteiger charge is 2.36. The smallest absolute Gasteiger partial charge is 0.232 e. The summed E-state index contributed by atoms with van der Waals surface area (Å²) in [4.78, 5) is 18.0. The number of benzene rings is 2. The van der Waals surface area contributed by atoms with Crippen molar-refractivity contribution < 1.29 is 22.8 Å². The van der Waals surface area contributed by atoms with Gasteiger partial charge in [0, 0.05) is 24.6 Å². The van der Waals surface area contributed by atoms with E-state index in [2.05, 4.69) is 10.1 Å². The van der Waals surface area contributed by atoms with Gasteiger partial charge in [-0.3, -0.25) is 4.79 Å². The molecule has 1 amide bonds. The third-order valence-corrected chi connectivity index (χ3v) is 4.70. The van der Waals surface area contributed by atoms with Crippen molar-refractivity contribution in [2.75, 3.05) is 18.1 Å².